The summed E-state index contributed by atoms with van der Waals surface area (Å²) in [5.74, 6) is -0.561. The molecule has 1 fully saturated rings. The van der Waals surface area contributed by atoms with Crippen molar-refractivity contribution < 1.29 is 14.8 Å². The van der Waals surface area contributed by atoms with E-state index < -0.39 is 10.9 Å². The number of carboxylic acid groups (broad SMARTS) is 1. The van der Waals surface area contributed by atoms with Gasteiger partial charge in [-0.3, -0.25) is 15.2 Å². The van der Waals surface area contributed by atoms with Crippen molar-refractivity contribution in [3.63, 3.8) is 0 Å². The van der Waals surface area contributed by atoms with Crippen molar-refractivity contribution in [3.05, 3.63) is 44.6 Å². The van der Waals surface area contributed by atoms with E-state index in [1.807, 2.05) is 0 Å². The summed E-state index contributed by atoms with van der Waals surface area (Å²) < 4.78 is 0. The van der Waals surface area contributed by atoms with Crippen molar-refractivity contribution in [1.82, 2.24) is 15.2 Å². The lowest BCUT2D eigenvalue weighted by Gasteiger charge is -2.24. The molecule has 2 heterocycles. The number of rotatable bonds is 6. The van der Waals surface area contributed by atoms with E-state index in [1.54, 1.807) is 13.0 Å². The van der Waals surface area contributed by atoms with E-state index in [9.17, 15) is 20.0 Å². The Labute approximate surface area is 166 Å². The lowest BCUT2D eigenvalue weighted by molar-refractivity contribution is -0.384. The molecule has 2 N–H and O–H groups in total. The highest BCUT2D eigenvalue weighted by Crippen LogP contribution is 2.32. The van der Waals surface area contributed by atoms with Crippen LogP contribution in [-0.4, -0.2) is 44.3 Å². The van der Waals surface area contributed by atoms with Gasteiger partial charge in [-0.15, -0.1) is 5.10 Å². The standard InChI is InChI=1S/C18H21N5O4S/c1-12-19-18(21-20-12)28-16(17(24)25)11-13-10-14(23(26)27)6-7-15(13)22-8-4-2-3-5-9-22/h6-7,10-11H,2-5,8-9H2,1H3,(H,24,25)(H,19,20,21)/b16-11+. The van der Waals surface area contributed by atoms with Crippen LogP contribution in [0.4, 0.5) is 11.4 Å². The molecule has 2 aromatic rings. The lowest BCUT2D eigenvalue weighted by Crippen LogP contribution is -2.24. The van der Waals surface area contributed by atoms with E-state index in [1.165, 1.54) is 18.2 Å². The van der Waals surface area contributed by atoms with Crippen LogP contribution in [0.3, 0.4) is 0 Å². The molecule has 0 spiro atoms. The molecular formula is C18H21N5O4S. The van der Waals surface area contributed by atoms with Crippen LogP contribution in [0.15, 0.2) is 28.3 Å². The number of H-pyrrole nitrogens is 1. The second-order valence-corrected chi connectivity index (χ2v) is 7.53. The van der Waals surface area contributed by atoms with Crippen molar-refractivity contribution >= 4 is 35.2 Å². The molecule has 1 aliphatic rings. The highest BCUT2D eigenvalue weighted by molar-refractivity contribution is 8.04. The molecule has 28 heavy (non-hydrogen) atoms. The van der Waals surface area contributed by atoms with Gasteiger partial charge in [0.2, 0.25) is 5.16 Å². The largest absolute Gasteiger partial charge is 0.477 e. The van der Waals surface area contributed by atoms with E-state index in [0.29, 0.717) is 11.4 Å². The summed E-state index contributed by atoms with van der Waals surface area (Å²) >= 11 is 0.906. The van der Waals surface area contributed by atoms with Crippen molar-refractivity contribution in [3.8, 4) is 0 Å². The zero-order chi connectivity index (χ0) is 20.1. The van der Waals surface area contributed by atoms with Gasteiger partial charge in [0.05, 0.1) is 4.92 Å². The summed E-state index contributed by atoms with van der Waals surface area (Å²) in [6.45, 7) is 3.40. The van der Waals surface area contributed by atoms with Gasteiger partial charge in [-0.05, 0) is 43.7 Å². The van der Waals surface area contributed by atoms with E-state index in [0.717, 1.165) is 56.2 Å². The Morgan fingerprint density at radius 2 is 2.04 bits per heavy atom. The molecule has 1 aromatic carbocycles. The summed E-state index contributed by atoms with van der Waals surface area (Å²) in [4.78, 5) is 28.8. The first-order valence-corrected chi connectivity index (χ1v) is 9.81. The number of nitro groups is 1. The van der Waals surface area contributed by atoms with Crippen molar-refractivity contribution in [2.75, 3.05) is 18.0 Å². The lowest BCUT2D eigenvalue weighted by atomic mass is 10.1. The van der Waals surface area contributed by atoms with Crippen LogP contribution in [-0.2, 0) is 4.79 Å². The molecule has 3 rings (SSSR count). The Bertz CT molecular complexity index is 903. The fourth-order valence-electron chi connectivity index (χ4n) is 3.11. The zero-order valence-corrected chi connectivity index (χ0v) is 16.2. The van der Waals surface area contributed by atoms with Gasteiger partial charge < -0.3 is 10.0 Å². The maximum absolute atomic E-state index is 11.8. The molecule has 0 radical (unpaired) electrons. The van der Waals surface area contributed by atoms with Gasteiger partial charge in [-0.2, -0.15) is 0 Å². The average molecular weight is 403 g/mol. The Kier molecular flexibility index (Phi) is 6.30. The highest BCUT2D eigenvalue weighted by atomic mass is 32.2. The number of carboxylic acids is 1. The number of anilines is 1. The van der Waals surface area contributed by atoms with Crippen LogP contribution in [0.25, 0.3) is 6.08 Å². The van der Waals surface area contributed by atoms with E-state index >= 15 is 0 Å². The number of carbonyl (C=O) groups is 1. The Hall–Kier alpha value is -2.88. The number of benzene rings is 1. The van der Waals surface area contributed by atoms with Gasteiger partial charge in [0.25, 0.3) is 5.69 Å². The molecule has 1 saturated heterocycles. The van der Waals surface area contributed by atoms with Crippen LogP contribution >= 0.6 is 11.8 Å². The van der Waals surface area contributed by atoms with Crippen LogP contribution in [0.2, 0.25) is 0 Å². The molecule has 1 aliphatic heterocycles. The molecular weight excluding hydrogens is 382 g/mol. The Morgan fingerprint density at radius 3 is 2.61 bits per heavy atom. The number of hydrogen-bond acceptors (Lipinski definition) is 7. The van der Waals surface area contributed by atoms with Crippen molar-refractivity contribution in [2.45, 2.75) is 37.8 Å². The number of hydrogen-bond donors (Lipinski definition) is 2. The second kappa shape index (κ2) is 8.87. The molecule has 148 valence electrons. The first-order valence-electron chi connectivity index (χ1n) is 8.99. The molecule has 0 bridgehead atoms. The Balaban J connectivity index is 2.02. The second-order valence-electron chi connectivity index (χ2n) is 6.52. The third kappa shape index (κ3) is 4.89. The zero-order valence-electron chi connectivity index (χ0n) is 15.4. The number of nitro benzene ring substituents is 1. The molecule has 0 amide bonds. The predicted molar refractivity (Wildman–Crippen MR) is 106 cm³/mol. The first-order chi connectivity index (χ1) is 13.4. The number of aliphatic carboxylic acids is 1. The van der Waals surface area contributed by atoms with Gasteiger partial charge >= 0.3 is 5.97 Å². The minimum absolute atomic E-state index is 0.00410. The smallest absolute Gasteiger partial charge is 0.342 e. The average Bonchev–Trinajstić information content (AvgIpc) is 2.90. The van der Waals surface area contributed by atoms with Crippen molar-refractivity contribution in [2.24, 2.45) is 0 Å². The maximum Gasteiger partial charge on any atom is 0.342 e. The van der Waals surface area contributed by atoms with Crippen LogP contribution < -0.4 is 4.90 Å². The van der Waals surface area contributed by atoms with Crippen LogP contribution in [0.5, 0.6) is 0 Å². The maximum atomic E-state index is 11.8. The molecule has 0 atom stereocenters. The quantitative estimate of drug-likeness (QED) is 0.324. The molecule has 0 aliphatic carbocycles. The van der Waals surface area contributed by atoms with Gasteiger partial charge in [-0.25, -0.2) is 9.78 Å². The van der Waals surface area contributed by atoms with Crippen LogP contribution in [0, 0.1) is 17.0 Å². The minimum Gasteiger partial charge on any atom is -0.477 e. The van der Waals surface area contributed by atoms with E-state index in [-0.39, 0.29) is 15.7 Å². The third-order valence-electron chi connectivity index (χ3n) is 4.44. The number of nitrogens with zero attached hydrogens (tertiary/aromatic N) is 4. The monoisotopic (exact) mass is 403 g/mol. The summed E-state index contributed by atoms with van der Waals surface area (Å²) in [5.41, 5.74) is 1.24. The fraction of sp³-hybridized carbons (Fsp3) is 0.389. The molecule has 9 nitrogen and oxygen atoms in total. The third-order valence-corrected chi connectivity index (χ3v) is 5.32. The van der Waals surface area contributed by atoms with E-state index in [4.69, 9.17) is 0 Å². The summed E-state index contributed by atoms with van der Waals surface area (Å²) in [7, 11) is 0. The van der Waals surface area contributed by atoms with Gasteiger partial charge in [0.15, 0.2) is 0 Å². The van der Waals surface area contributed by atoms with Crippen LogP contribution in [0.1, 0.15) is 37.1 Å². The topological polar surface area (TPSA) is 125 Å². The van der Waals surface area contributed by atoms with Crippen molar-refractivity contribution in [1.29, 1.82) is 0 Å². The number of thioether (sulfide) groups is 1. The van der Waals surface area contributed by atoms with Gasteiger partial charge in [-0.1, -0.05) is 12.8 Å². The molecule has 1 aromatic heterocycles. The number of aryl methyl sites for hydroxylation is 1. The Morgan fingerprint density at radius 1 is 1.32 bits per heavy atom. The predicted octanol–water partition coefficient (Wildman–Crippen LogP) is 3.62. The van der Waals surface area contributed by atoms with Gasteiger partial charge in [0.1, 0.15) is 10.7 Å². The summed E-state index contributed by atoms with van der Waals surface area (Å²) in [6.07, 6.45) is 5.84. The molecule has 0 unspecified atom stereocenters. The summed E-state index contributed by atoms with van der Waals surface area (Å²) in [5, 5.41) is 27.8. The fourth-order valence-corrected chi connectivity index (χ4v) is 3.86. The summed E-state index contributed by atoms with van der Waals surface area (Å²) in [6, 6.07) is 4.59. The molecule has 10 heteroatoms. The normalized spacial score (nSPS) is 15.3. The van der Waals surface area contributed by atoms with Gasteiger partial charge in [0, 0.05) is 36.5 Å². The minimum atomic E-state index is -1.14. The number of non-ortho nitro benzene ring substituents is 1. The number of nitrogens with one attached hydrogen (secondary N) is 1. The SMILES string of the molecule is Cc1nc(S/C(=C/c2cc([N+](=O)[O-])ccc2N2CCCCCC2)C(=O)O)n[nH]1. The first kappa shape index (κ1) is 19.9. The van der Waals surface area contributed by atoms with E-state index in [2.05, 4.69) is 20.1 Å². The highest BCUT2D eigenvalue weighted by Gasteiger charge is 2.19. The molecule has 0 saturated carbocycles. The number of aromatic nitrogens is 3. The number of aromatic amines is 1.